The van der Waals surface area contributed by atoms with Crippen LogP contribution >= 0.6 is 0 Å². The maximum absolute atomic E-state index is 13.1. The summed E-state index contributed by atoms with van der Waals surface area (Å²) in [5.74, 6) is -1.22. The highest BCUT2D eigenvalue weighted by Gasteiger charge is 2.55. The molecule has 4 amide bonds. The molecule has 0 saturated carbocycles. The molecule has 1 fully saturated rings. The van der Waals surface area contributed by atoms with Crippen molar-refractivity contribution >= 4 is 23.5 Å². The molecular weight excluding hydrogens is 419 g/mol. The zero-order valence-electron chi connectivity index (χ0n) is 15.9. The lowest BCUT2D eigenvalue weighted by Crippen LogP contribution is -2.48. The Kier molecular flexibility index (Phi) is 4.96. The molecule has 4 rings (SSSR count). The van der Waals surface area contributed by atoms with Crippen molar-refractivity contribution in [2.45, 2.75) is 18.3 Å². The van der Waals surface area contributed by atoms with E-state index in [1.54, 1.807) is 24.3 Å². The summed E-state index contributed by atoms with van der Waals surface area (Å²) >= 11 is 0. The number of para-hydroxylation sites is 1. The lowest BCUT2D eigenvalue weighted by molar-refractivity contribution is -0.274. The van der Waals surface area contributed by atoms with Crippen LogP contribution in [-0.2, 0) is 15.1 Å². The van der Waals surface area contributed by atoms with Gasteiger partial charge in [0.2, 0.25) is 5.91 Å². The number of fused-ring (bicyclic) bond motifs is 2. The van der Waals surface area contributed by atoms with Gasteiger partial charge in [0, 0.05) is 17.7 Å². The topological polar surface area (TPSA) is 97.0 Å². The number of urea groups is 1. The van der Waals surface area contributed by atoms with Gasteiger partial charge in [0.25, 0.3) is 5.91 Å². The predicted molar refractivity (Wildman–Crippen MR) is 100 cm³/mol. The monoisotopic (exact) mass is 435 g/mol. The summed E-state index contributed by atoms with van der Waals surface area (Å²) in [4.78, 5) is 38.8. The summed E-state index contributed by atoms with van der Waals surface area (Å²) in [6.45, 7) is -0.342. The highest BCUT2D eigenvalue weighted by atomic mass is 19.4. The van der Waals surface area contributed by atoms with E-state index in [4.69, 9.17) is 4.74 Å². The molecule has 31 heavy (non-hydrogen) atoms. The Morgan fingerprint density at radius 2 is 1.87 bits per heavy atom. The van der Waals surface area contributed by atoms with Crippen LogP contribution in [0, 0.1) is 0 Å². The fraction of sp³-hybridized carbons (Fsp3) is 0.250. The third-order valence-corrected chi connectivity index (χ3v) is 4.93. The first kappa shape index (κ1) is 20.5. The Morgan fingerprint density at radius 1 is 1.16 bits per heavy atom. The van der Waals surface area contributed by atoms with Crippen LogP contribution in [-0.4, -0.2) is 42.3 Å². The third-order valence-electron chi connectivity index (χ3n) is 4.93. The molecule has 2 aromatic rings. The quantitative estimate of drug-likeness (QED) is 0.720. The smallest absolute Gasteiger partial charge is 0.493 e. The fourth-order valence-electron chi connectivity index (χ4n) is 3.60. The van der Waals surface area contributed by atoms with E-state index in [-0.39, 0.29) is 18.7 Å². The van der Waals surface area contributed by atoms with Crippen molar-refractivity contribution in [2.75, 3.05) is 18.5 Å². The number of alkyl halides is 3. The molecule has 0 bridgehead atoms. The summed E-state index contributed by atoms with van der Waals surface area (Å²) in [6, 6.07) is 10.6. The van der Waals surface area contributed by atoms with Gasteiger partial charge in [-0.3, -0.25) is 14.5 Å². The van der Waals surface area contributed by atoms with Crippen LogP contribution in [0.15, 0.2) is 48.5 Å². The van der Waals surface area contributed by atoms with Gasteiger partial charge in [-0.25, -0.2) is 4.79 Å². The minimum absolute atomic E-state index is 0.178. The molecule has 2 aliphatic heterocycles. The highest BCUT2D eigenvalue weighted by molar-refractivity contribution is 6.10. The Balaban J connectivity index is 1.45. The van der Waals surface area contributed by atoms with Crippen LogP contribution in [0.2, 0.25) is 0 Å². The summed E-state index contributed by atoms with van der Waals surface area (Å²) in [5, 5.41) is 5.11. The molecule has 1 atom stereocenters. The van der Waals surface area contributed by atoms with E-state index in [2.05, 4.69) is 15.4 Å². The number of benzene rings is 2. The first-order valence-corrected chi connectivity index (χ1v) is 9.20. The van der Waals surface area contributed by atoms with E-state index in [0.717, 1.165) is 17.0 Å². The predicted octanol–water partition coefficient (Wildman–Crippen LogP) is 2.75. The summed E-state index contributed by atoms with van der Waals surface area (Å²) in [6.07, 6.45) is -4.61. The zero-order chi connectivity index (χ0) is 22.2. The Labute approximate surface area is 173 Å². The van der Waals surface area contributed by atoms with Crippen molar-refractivity contribution < 1.29 is 37.0 Å². The van der Waals surface area contributed by atoms with Crippen molar-refractivity contribution in [2.24, 2.45) is 0 Å². The fourth-order valence-corrected chi connectivity index (χ4v) is 3.60. The summed E-state index contributed by atoms with van der Waals surface area (Å²) in [7, 11) is 0. The summed E-state index contributed by atoms with van der Waals surface area (Å²) in [5.41, 5.74) is -0.608. The van der Waals surface area contributed by atoms with E-state index in [0.29, 0.717) is 11.3 Å². The van der Waals surface area contributed by atoms with Gasteiger partial charge in [-0.2, -0.15) is 0 Å². The van der Waals surface area contributed by atoms with Crippen LogP contribution in [0.5, 0.6) is 11.5 Å². The van der Waals surface area contributed by atoms with Crippen LogP contribution in [0.25, 0.3) is 0 Å². The molecular formula is C20H16F3N3O5. The van der Waals surface area contributed by atoms with E-state index >= 15 is 0 Å². The van der Waals surface area contributed by atoms with Crippen LogP contribution in [0.1, 0.15) is 12.0 Å². The molecule has 162 valence electrons. The lowest BCUT2D eigenvalue weighted by atomic mass is 9.84. The Bertz CT molecular complexity index is 1040. The molecule has 2 heterocycles. The van der Waals surface area contributed by atoms with E-state index in [1.807, 2.05) is 0 Å². The van der Waals surface area contributed by atoms with Crippen molar-refractivity contribution in [1.82, 2.24) is 10.2 Å². The largest absolute Gasteiger partial charge is 0.573 e. The van der Waals surface area contributed by atoms with Crippen molar-refractivity contribution in [3.63, 3.8) is 0 Å². The Hall–Kier alpha value is -3.76. The standard InChI is InChI=1S/C20H16F3N3O5/c21-20(22,23)31-13-7-5-12(6-8-13)24-16(27)11-26-17(28)19(25-18(26)29)9-10-30-15-4-2-1-3-14(15)19/h1-8H,9-11H2,(H,24,27)(H,25,29). The molecule has 8 nitrogen and oxygen atoms in total. The molecule has 11 heteroatoms. The minimum atomic E-state index is -4.83. The van der Waals surface area contributed by atoms with Gasteiger partial charge in [0.15, 0.2) is 5.54 Å². The minimum Gasteiger partial charge on any atom is -0.493 e. The van der Waals surface area contributed by atoms with E-state index < -0.39 is 42.0 Å². The third kappa shape index (κ3) is 3.98. The van der Waals surface area contributed by atoms with E-state index in [9.17, 15) is 27.6 Å². The highest BCUT2D eigenvalue weighted by Crippen LogP contribution is 2.40. The molecule has 1 saturated heterocycles. The lowest BCUT2D eigenvalue weighted by Gasteiger charge is -2.33. The number of nitrogens with one attached hydrogen (secondary N) is 2. The van der Waals surface area contributed by atoms with Gasteiger partial charge >= 0.3 is 12.4 Å². The maximum atomic E-state index is 13.1. The van der Waals surface area contributed by atoms with Crippen molar-refractivity contribution in [3.8, 4) is 11.5 Å². The number of anilines is 1. The first-order chi connectivity index (χ1) is 14.7. The molecule has 0 radical (unpaired) electrons. The second-order valence-corrected chi connectivity index (χ2v) is 6.94. The number of hydrogen-bond donors (Lipinski definition) is 2. The molecule has 1 unspecified atom stereocenters. The van der Waals surface area contributed by atoms with Gasteiger partial charge in [-0.15, -0.1) is 13.2 Å². The second kappa shape index (κ2) is 7.49. The number of carbonyl (C=O) groups excluding carboxylic acids is 3. The number of hydrogen-bond acceptors (Lipinski definition) is 5. The van der Waals surface area contributed by atoms with Crippen LogP contribution in [0.3, 0.4) is 0 Å². The SMILES string of the molecule is O=C(CN1C(=O)NC2(CCOc3ccccc32)C1=O)Nc1ccc(OC(F)(F)F)cc1. The molecule has 2 aliphatic rings. The second-order valence-electron chi connectivity index (χ2n) is 6.94. The molecule has 0 aromatic heterocycles. The normalized spacial score (nSPS) is 20.2. The van der Waals surface area contributed by atoms with Gasteiger partial charge in [-0.1, -0.05) is 18.2 Å². The molecule has 2 N–H and O–H groups in total. The van der Waals surface area contributed by atoms with Crippen LogP contribution < -0.4 is 20.1 Å². The molecule has 0 aliphatic carbocycles. The maximum Gasteiger partial charge on any atom is 0.573 e. The van der Waals surface area contributed by atoms with Gasteiger partial charge in [0.1, 0.15) is 18.0 Å². The number of halogens is 3. The number of nitrogens with zero attached hydrogens (tertiary/aromatic N) is 1. The van der Waals surface area contributed by atoms with Crippen molar-refractivity contribution in [1.29, 1.82) is 0 Å². The van der Waals surface area contributed by atoms with Crippen LogP contribution in [0.4, 0.5) is 23.7 Å². The number of imide groups is 1. The average Bonchev–Trinajstić information content (AvgIpc) is 2.93. The number of carbonyl (C=O) groups is 3. The number of rotatable bonds is 4. The van der Waals surface area contributed by atoms with Gasteiger partial charge in [-0.05, 0) is 30.3 Å². The molecule has 2 aromatic carbocycles. The van der Waals surface area contributed by atoms with Gasteiger partial charge < -0.3 is 20.1 Å². The number of ether oxygens (including phenoxy) is 2. The number of amides is 4. The Morgan fingerprint density at radius 3 is 2.58 bits per heavy atom. The van der Waals surface area contributed by atoms with Crippen molar-refractivity contribution in [3.05, 3.63) is 54.1 Å². The summed E-state index contributed by atoms with van der Waals surface area (Å²) < 4.78 is 46.0. The van der Waals surface area contributed by atoms with Gasteiger partial charge in [0.05, 0.1) is 6.61 Å². The molecule has 1 spiro atoms. The zero-order valence-corrected chi connectivity index (χ0v) is 15.9. The first-order valence-electron chi connectivity index (χ1n) is 9.20. The average molecular weight is 435 g/mol. The van der Waals surface area contributed by atoms with E-state index in [1.165, 1.54) is 12.1 Å².